The van der Waals surface area contributed by atoms with Gasteiger partial charge in [0.1, 0.15) is 0 Å². The minimum absolute atomic E-state index is 0.167. The average molecular weight is 191 g/mol. The topological polar surface area (TPSA) is 46.2 Å². The molecule has 1 heterocycles. The predicted molar refractivity (Wildman–Crippen MR) is 49.9 cm³/mol. The fourth-order valence-electron chi connectivity index (χ4n) is 1.56. The van der Waals surface area contributed by atoms with E-state index in [2.05, 4.69) is 5.32 Å². The van der Waals surface area contributed by atoms with Gasteiger partial charge in [0, 0.05) is 6.04 Å². The number of hydrogen-bond donors (Lipinski definition) is 1. The van der Waals surface area contributed by atoms with Crippen molar-refractivity contribution in [3.05, 3.63) is 0 Å². The standard InChI is InChI=1S/C8H17NO2S/c1-3-8-6-12(10,11)5-7(2)4-9-8/h7-9H,3-6H2,1-2H3. The Labute approximate surface area is 74.5 Å². The lowest BCUT2D eigenvalue weighted by Gasteiger charge is -2.11. The van der Waals surface area contributed by atoms with Gasteiger partial charge in [-0.2, -0.15) is 0 Å². The largest absolute Gasteiger partial charge is 0.313 e. The Kier molecular flexibility index (Phi) is 3.12. The Hall–Kier alpha value is -0.0900. The van der Waals surface area contributed by atoms with Crippen LogP contribution in [0.4, 0.5) is 0 Å². The number of rotatable bonds is 1. The van der Waals surface area contributed by atoms with Crippen molar-refractivity contribution in [1.82, 2.24) is 5.32 Å². The zero-order valence-corrected chi connectivity index (χ0v) is 8.52. The number of sulfone groups is 1. The van der Waals surface area contributed by atoms with E-state index in [0.717, 1.165) is 13.0 Å². The predicted octanol–water partition coefficient (Wildman–Crippen LogP) is 0.419. The molecule has 12 heavy (non-hydrogen) atoms. The van der Waals surface area contributed by atoms with Gasteiger partial charge in [-0.05, 0) is 18.9 Å². The molecule has 2 unspecified atom stereocenters. The van der Waals surface area contributed by atoms with E-state index in [4.69, 9.17) is 0 Å². The van der Waals surface area contributed by atoms with Crippen LogP contribution in [-0.2, 0) is 9.84 Å². The van der Waals surface area contributed by atoms with E-state index >= 15 is 0 Å². The second kappa shape index (κ2) is 3.75. The summed E-state index contributed by atoms with van der Waals surface area (Å²) in [4.78, 5) is 0. The molecule has 0 bridgehead atoms. The zero-order valence-electron chi connectivity index (χ0n) is 7.71. The fraction of sp³-hybridized carbons (Fsp3) is 1.00. The van der Waals surface area contributed by atoms with E-state index in [1.807, 2.05) is 13.8 Å². The van der Waals surface area contributed by atoms with Crippen LogP contribution in [-0.4, -0.2) is 32.5 Å². The molecule has 0 spiro atoms. The van der Waals surface area contributed by atoms with Crippen molar-refractivity contribution in [3.63, 3.8) is 0 Å². The summed E-state index contributed by atoms with van der Waals surface area (Å²) in [6, 6.07) is 0.167. The van der Waals surface area contributed by atoms with Gasteiger partial charge in [0.2, 0.25) is 0 Å². The van der Waals surface area contributed by atoms with E-state index < -0.39 is 9.84 Å². The summed E-state index contributed by atoms with van der Waals surface area (Å²) in [7, 11) is -2.79. The zero-order chi connectivity index (χ0) is 9.19. The van der Waals surface area contributed by atoms with E-state index in [9.17, 15) is 8.42 Å². The van der Waals surface area contributed by atoms with Crippen molar-refractivity contribution < 1.29 is 8.42 Å². The minimum atomic E-state index is -2.79. The molecule has 0 aromatic rings. The highest BCUT2D eigenvalue weighted by atomic mass is 32.2. The van der Waals surface area contributed by atoms with Gasteiger partial charge in [-0.25, -0.2) is 8.42 Å². The molecule has 0 saturated carbocycles. The molecule has 0 radical (unpaired) electrons. The normalized spacial score (nSPS) is 35.8. The fourth-order valence-corrected chi connectivity index (χ4v) is 3.64. The molecule has 1 aliphatic rings. The summed E-state index contributed by atoms with van der Waals surface area (Å²) in [6.07, 6.45) is 0.895. The molecule has 0 aliphatic carbocycles. The van der Waals surface area contributed by atoms with Crippen LogP contribution in [0.15, 0.2) is 0 Å². The third kappa shape index (κ3) is 2.75. The van der Waals surface area contributed by atoms with Gasteiger partial charge >= 0.3 is 0 Å². The van der Waals surface area contributed by atoms with Crippen LogP contribution in [0.2, 0.25) is 0 Å². The van der Waals surface area contributed by atoms with Gasteiger partial charge in [0.25, 0.3) is 0 Å². The molecule has 2 atom stereocenters. The van der Waals surface area contributed by atoms with E-state index in [1.165, 1.54) is 0 Å². The second-order valence-electron chi connectivity index (χ2n) is 3.70. The minimum Gasteiger partial charge on any atom is -0.313 e. The van der Waals surface area contributed by atoms with Gasteiger partial charge in [-0.1, -0.05) is 13.8 Å². The maximum Gasteiger partial charge on any atom is 0.152 e. The molecule has 72 valence electrons. The molecule has 1 aliphatic heterocycles. The molecule has 0 aromatic heterocycles. The summed E-state index contributed by atoms with van der Waals surface area (Å²) in [5.41, 5.74) is 0. The maximum absolute atomic E-state index is 11.4. The highest BCUT2D eigenvalue weighted by Gasteiger charge is 2.24. The van der Waals surface area contributed by atoms with Gasteiger partial charge < -0.3 is 5.32 Å². The quantitative estimate of drug-likeness (QED) is 0.653. The Morgan fingerprint density at radius 2 is 2.08 bits per heavy atom. The first-order valence-electron chi connectivity index (χ1n) is 4.47. The van der Waals surface area contributed by atoms with Crippen molar-refractivity contribution in [1.29, 1.82) is 0 Å². The van der Waals surface area contributed by atoms with Gasteiger partial charge in [0.15, 0.2) is 9.84 Å². The van der Waals surface area contributed by atoms with Crippen LogP contribution < -0.4 is 5.32 Å². The Morgan fingerprint density at radius 1 is 1.42 bits per heavy atom. The highest BCUT2D eigenvalue weighted by molar-refractivity contribution is 7.91. The molecule has 3 nitrogen and oxygen atoms in total. The molecule has 1 fully saturated rings. The molecule has 1 rings (SSSR count). The maximum atomic E-state index is 11.4. The molecule has 0 amide bonds. The van der Waals surface area contributed by atoms with Crippen LogP contribution in [0.3, 0.4) is 0 Å². The molecule has 4 heteroatoms. The Balaban J connectivity index is 2.69. The molecular formula is C8H17NO2S. The Morgan fingerprint density at radius 3 is 2.67 bits per heavy atom. The summed E-state index contributed by atoms with van der Waals surface area (Å²) < 4.78 is 22.8. The molecule has 1 saturated heterocycles. The highest BCUT2D eigenvalue weighted by Crippen LogP contribution is 2.09. The van der Waals surface area contributed by atoms with E-state index in [-0.39, 0.29) is 12.0 Å². The van der Waals surface area contributed by atoms with Crippen LogP contribution in [0.1, 0.15) is 20.3 Å². The second-order valence-corrected chi connectivity index (χ2v) is 5.85. The smallest absolute Gasteiger partial charge is 0.152 e. The van der Waals surface area contributed by atoms with Gasteiger partial charge in [0.05, 0.1) is 11.5 Å². The van der Waals surface area contributed by atoms with Crippen molar-refractivity contribution in [2.24, 2.45) is 5.92 Å². The first-order valence-corrected chi connectivity index (χ1v) is 6.29. The molecule has 0 aromatic carbocycles. The lowest BCUT2D eigenvalue weighted by atomic mass is 10.2. The first-order chi connectivity index (χ1) is 5.53. The van der Waals surface area contributed by atoms with Crippen LogP contribution in [0.5, 0.6) is 0 Å². The number of nitrogens with one attached hydrogen (secondary N) is 1. The van der Waals surface area contributed by atoms with Crippen molar-refractivity contribution in [2.75, 3.05) is 18.1 Å². The lowest BCUT2D eigenvalue weighted by Crippen LogP contribution is -2.33. The van der Waals surface area contributed by atoms with E-state index in [0.29, 0.717) is 11.5 Å². The first kappa shape index (κ1) is 9.99. The Bertz CT molecular complexity index is 235. The summed E-state index contributed by atoms with van der Waals surface area (Å²) in [6.45, 7) is 4.82. The summed E-state index contributed by atoms with van der Waals surface area (Å²) in [5, 5.41) is 3.26. The van der Waals surface area contributed by atoms with Crippen LogP contribution in [0, 0.1) is 5.92 Å². The summed E-state index contributed by atoms with van der Waals surface area (Å²) in [5.74, 6) is 0.913. The third-order valence-electron chi connectivity index (χ3n) is 2.24. The van der Waals surface area contributed by atoms with E-state index in [1.54, 1.807) is 0 Å². The van der Waals surface area contributed by atoms with Crippen LogP contribution in [0.25, 0.3) is 0 Å². The van der Waals surface area contributed by atoms with Gasteiger partial charge in [-0.3, -0.25) is 0 Å². The van der Waals surface area contributed by atoms with Crippen LogP contribution >= 0.6 is 0 Å². The number of hydrogen-bond acceptors (Lipinski definition) is 3. The SMILES string of the molecule is CCC1CS(=O)(=O)CC(C)CN1. The van der Waals surface area contributed by atoms with Crippen molar-refractivity contribution in [2.45, 2.75) is 26.3 Å². The third-order valence-corrected chi connectivity index (χ3v) is 4.23. The van der Waals surface area contributed by atoms with Gasteiger partial charge in [-0.15, -0.1) is 0 Å². The lowest BCUT2D eigenvalue weighted by molar-refractivity contribution is 0.495. The molecular weight excluding hydrogens is 174 g/mol. The monoisotopic (exact) mass is 191 g/mol. The summed E-state index contributed by atoms with van der Waals surface area (Å²) >= 11 is 0. The average Bonchev–Trinajstić information content (AvgIpc) is 2.07. The molecule has 1 N–H and O–H groups in total. The van der Waals surface area contributed by atoms with Crippen molar-refractivity contribution in [3.8, 4) is 0 Å². The van der Waals surface area contributed by atoms with Crippen molar-refractivity contribution >= 4 is 9.84 Å².